The molecule has 0 bridgehead atoms. The first-order valence-corrected chi connectivity index (χ1v) is 4.73. The summed E-state index contributed by atoms with van der Waals surface area (Å²) in [7, 11) is 1.21. The molecule has 1 aromatic heterocycles. The van der Waals surface area contributed by atoms with Crippen LogP contribution in [0.2, 0.25) is 0 Å². The second-order valence-electron chi connectivity index (χ2n) is 3.27. The van der Waals surface area contributed by atoms with E-state index < -0.39 is 11.8 Å². The molecule has 2 N–H and O–H groups in total. The number of hydrogen-bond acceptors (Lipinski definition) is 5. The number of carbonyl (C=O) groups is 1. The summed E-state index contributed by atoms with van der Waals surface area (Å²) < 4.78 is 22.3. The normalized spacial score (nSPS) is 10.2. The van der Waals surface area contributed by atoms with Crippen molar-refractivity contribution >= 4 is 11.9 Å². The highest BCUT2D eigenvalue weighted by atomic mass is 19.1. The number of nitrogens with two attached hydrogens (primary N) is 1. The van der Waals surface area contributed by atoms with Gasteiger partial charge in [-0.15, -0.1) is 0 Å². The summed E-state index contributed by atoms with van der Waals surface area (Å²) in [6, 6.07) is 5.61. The van der Waals surface area contributed by atoms with Gasteiger partial charge in [0.15, 0.2) is 0 Å². The Hall–Kier alpha value is -2.37. The van der Waals surface area contributed by atoms with Crippen molar-refractivity contribution in [1.29, 1.82) is 0 Å². The molecule has 1 aromatic carbocycles. The number of halogens is 1. The summed E-state index contributed by atoms with van der Waals surface area (Å²) in [4.78, 5) is 11.4. The molecule has 2 rings (SSSR count). The molecule has 6 heteroatoms. The van der Waals surface area contributed by atoms with E-state index in [2.05, 4.69) is 9.89 Å². The molecule has 0 fully saturated rings. The molecule has 0 saturated heterocycles. The largest absolute Gasteiger partial charge is 0.464 e. The second kappa shape index (κ2) is 4.25. The van der Waals surface area contributed by atoms with Crippen LogP contribution < -0.4 is 5.73 Å². The molecule has 0 unspecified atom stereocenters. The number of aromatic nitrogens is 1. The van der Waals surface area contributed by atoms with Crippen molar-refractivity contribution in [2.24, 2.45) is 0 Å². The molecular weight excluding hydrogens is 227 g/mol. The van der Waals surface area contributed by atoms with Crippen molar-refractivity contribution in [3.63, 3.8) is 0 Å². The fraction of sp³-hybridized carbons (Fsp3) is 0.0909. The van der Waals surface area contributed by atoms with Crippen LogP contribution in [0.25, 0.3) is 11.1 Å². The van der Waals surface area contributed by atoms with Crippen molar-refractivity contribution in [1.82, 2.24) is 5.16 Å². The number of methoxy groups -OCH3 is 1. The van der Waals surface area contributed by atoms with Gasteiger partial charge in [0.25, 0.3) is 0 Å². The third kappa shape index (κ3) is 1.96. The number of nitrogens with zero attached hydrogens (tertiary/aromatic N) is 1. The topological polar surface area (TPSA) is 78.3 Å². The molecule has 0 saturated carbocycles. The molecule has 5 nitrogen and oxygen atoms in total. The first-order valence-electron chi connectivity index (χ1n) is 4.73. The second-order valence-corrected chi connectivity index (χ2v) is 3.27. The van der Waals surface area contributed by atoms with Gasteiger partial charge in [-0.05, 0) is 17.7 Å². The lowest BCUT2D eigenvalue weighted by Crippen LogP contribution is -2.03. The third-order valence-corrected chi connectivity index (χ3v) is 2.21. The Bertz CT molecular complexity index is 566. The van der Waals surface area contributed by atoms with Crippen LogP contribution in [0, 0.1) is 5.82 Å². The molecule has 0 aliphatic heterocycles. The number of benzene rings is 1. The zero-order chi connectivity index (χ0) is 12.4. The molecule has 0 aliphatic rings. The van der Waals surface area contributed by atoms with Gasteiger partial charge in [-0.3, -0.25) is 0 Å². The number of hydrogen-bond donors (Lipinski definition) is 1. The fourth-order valence-corrected chi connectivity index (χ4v) is 1.46. The van der Waals surface area contributed by atoms with Gasteiger partial charge >= 0.3 is 5.97 Å². The number of anilines is 1. The van der Waals surface area contributed by atoms with E-state index in [1.165, 1.54) is 25.3 Å². The van der Waals surface area contributed by atoms with E-state index in [0.717, 1.165) is 0 Å². The number of esters is 1. The minimum atomic E-state index is -0.690. The minimum absolute atomic E-state index is 0.0593. The van der Waals surface area contributed by atoms with Crippen molar-refractivity contribution in [3.05, 3.63) is 35.8 Å². The van der Waals surface area contributed by atoms with Gasteiger partial charge in [-0.2, -0.15) is 0 Å². The number of ether oxygens (including phenoxy) is 1. The maximum absolute atomic E-state index is 13.1. The highest BCUT2D eigenvalue weighted by Crippen LogP contribution is 2.30. The Balaban J connectivity index is 2.58. The van der Waals surface area contributed by atoms with Gasteiger partial charge in [0.2, 0.25) is 11.6 Å². The standard InChI is InChI=1S/C11H9FN2O3/c1-16-11(15)9-8(10(13)17-14-9)6-3-2-4-7(12)5-6/h2-5H,13H2,1H3. The first kappa shape index (κ1) is 11.1. The summed E-state index contributed by atoms with van der Waals surface area (Å²) in [6.45, 7) is 0. The monoisotopic (exact) mass is 236 g/mol. The van der Waals surface area contributed by atoms with Crippen molar-refractivity contribution in [3.8, 4) is 11.1 Å². The lowest BCUT2D eigenvalue weighted by molar-refractivity contribution is 0.0590. The van der Waals surface area contributed by atoms with E-state index in [-0.39, 0.29) is 17.1 Å². The summed E-state index contributed by atoms with van der Waals surface area (Å²) >= 11 is 0. The van der Waals surface area contributed by atoms with Crippen LogP contribution in [-0.4, -0.2) is 18.2 Å². The summed E-state index contributed by atoms with van der Waals surface area (Å²) in [5.41, 5.74) is 6.12. The van der Waals surface area contributed by atoms with E-state index >= 15 is 0 Å². The highest BCUT2D eigenvalue weighted by molar-refractivity contribution is 5.97. The lowest BCUT2D eigenvalue weighted by Gasteiger charge is -2.01. The average molecular weight is 236 g/mol. The molecule has 17 heavy (non-hydrogen) atoms. The predicted molar refractivity (Wildman–Crippen MR) is 57.6 cm³/mol. The molecule has 0 atom stereocenters. The Morgan fingerprint density at radius 1 is 1.53 bits per heavy atom. The highest BCUT2D eigenvalue weighted by Gasteiger charge is 2.22. The van der Waals surface area contributed by atoms with E-state index in [9.17, 15) is 9.18 Å². The Labute approximate surface area is 96.0 Å². The van der Waals surface area contributed by atoms with E-state index in [1.54, 1.807) is 6.07 Å². The Kier molecular flexibility index (Phi) is 2.78. The number of nitrogen functional groups attached to an aromatic ring is 1. The molecular formula is C11H9FN2O3. The van der Waals surface area contributed by atoms with Gasteiger partial charge in [0, 0.05) is 0 Å². The summed E-state index contributed by atoms with van der Waals surface area (Å²) in [5.74, 6) is -1.19. The quantitative estimate of drug-likeness (QED) is 0.805. The molecule has 0 radical (unpaired) electrons. The van der Waals surface area contributed by atoms with E-state index in [1.807, 2.05) is 0 Å². The van der Waals surface area contributed by atoms with Gasteiger partial charge in [0.1, 0.15) is 5.82 Å². The van der Waals surface area contributed by atoms with Crippen molar-refractivity contribution < 1.29 is 18.4 Å². The van der Waals surface area contributed by atoms with Gasteiger partial charge < -0.3 is 15.0 Å². The SMILES string of the molecule is COC(=O)c1noc(N)c1-c1cccc(F)c1. The molecule has 0 spiro atoms. The van der Waals surface area contributed by atoms with Crippen LogP contribution in [0.3, 0.4) is 0 Å². The van der Waals surface area contributed by atoms with Crippen LogP contribution in [0.4, 0.5) is 10.3 Å². The van der Waals surface area contributed by atoms with Gasteiger partial charge in [-0.1, -0.05) is 17.3 Å². The maximum Gasteiger partial charge on any atom is 0.361 e. The van der Waals surface area contributed by atoms with Crippen LogP contribution in [0.15, 0.2) is 28.8 Å². The molecule has 88 valence electrons. The number of rotatable bonds is 2. The first-order chi connectivity index (χ1) is 8.13. The van der Waals surface area contributed by atoms with Crippen LogP contribution in [-0.2, 0) is 4.74 Å². The Morgan fingerprint density at radius 2 is 2.29 bits per heavy atom. The van der Waals surface area contributed by atoms with Crippen molar-refractivity contribution in [2.45, 2.75) is 0 Å². The van der Waals surface area contributed by atoms with Crippen LogP contribution in [0.5, 0.6) is 0 Å². The minimum Gasteiger partial charge on any atom is -0.464 e. The van der Waals surface area contributed by atoms with E-state index in [4.69, 9.17) is 10.3 Å². The lowest BCUT2D eigenvalue weighted by atomic mass is 10.1. The van der Waals surface area contributed by atoms with Crippen LogP contribution in [0.1, 0.15) is 10.5 Å². The Morgan fingerprint density at radius 3 is 2.94 bits per heavy atom. The third-order valence-electron chi connectivity index (χ3n) is 2.21. The van der Waals surface area contributed by atoms with Gasteiger partial charge in [-0.25, -0.2) is 9.18 Å². The fourth-order valence-electron chi connectivity index (χ4n) is 1.46. The molecule has 0 amide bonds. The van der Waals surface area contributed by atoms with Gasteiger partial charge in [0.05, 0.1) is 12.7 Å². The molecule has 1 heterocycles. The number of carbonyl (C=O) groups excluding carboxylic acids is 1. The predicted octanol–water partition coefficient (Wildman–Crippen LogP) is 1.85. The molecule has 2 aromatic rings. The van der Waals surface area contributed by atoms with E-state index in [0.29, 0.717) is 5.56 Å². The average Bonchev–Trinajstić information content (AvgIpc) is 2.70. The summed E-state index contributed by atoms with van der Waals surface area (Å²) in [5, 5.41) is 3.50. The smallest absolute Gasteiger partial charge is 0.361 e. The molecule has 0 aliphatic carbocycles. The van der Waals surface area contributed by atoms with Crippen molar-refractivity contribution in [2.75, 3.05) is 12.8 Å². The summed E-state index contributed by atoms with van der Waals surface area (Å²) in [6.07, 6.45) is 0. The van der Waals surface area contributed by atoms with Crippen LogP contribution >= 0.6 is 0 Å². The zero-order valence-electron chi connectivity index (χ0n) is 8.94. The zero-order valence-corrected chi connectivity index (χ0v) is 8.94. The maximum atomic E-state index is 13.1.